The number of hydrogen-bond donors (Lipinski definition) is 2. The number of amides is 2. The molecule has 2 amide bonds. The van der Waals surface area contributed by atoms with Crippen molar-refractivity contribution in [2.45, 2.75) is 32.0 Å². The maximum atomic E-state index is 12.1. The molecule has 1 saturated carbocycles. The number of rotatable bonds is 7. The second kappa shape index (κ2) is 7.49. The van der Waals surface area contributed by atoms with Gasteiger partial charge in [-0.1, -0.05) is 30.3 Å². The van der Waals surface area contributed by atoms with E-state index in [1.54, 1.807) is 13.2 Å². The molecule has 0 bridgehead atoms. The standard InChI is InChI=1S/C18H24N4O2/c1-21(13-17(23)16-7-8-16)18(24)19-9-15-10-20-22(12-15)11-14-5-3-2-4-6-14/h2-6,10,12,16-17,23H,7-9,11,13H2,1H3,(H,19,24). The molecule has 2 aromatic rings. The molecule has 1 aromatic heterocycles. The highest BCUT2D eigenvalue weighted by molar-refractivity contribution is 5.73. The first kappa shape index (κ1) is 16.5. The molecule has 128 valence electrons. The Kier molecular flexibility index (Phi) is 5.15. The molecule has 1 fully saturated rings. The molecule has 1 heterocycles. The Labute approximate surface area is 142 Å². The molecule has 3 rings (SSSR count). The lowest BCUT2D eigenvalue weighted by Gasteiger charge is -2.21. The fourth-order valence-electron chi connectivity index (χ4n) is 2.66. The molecule has 0 aliphatic heterocycles. The van der Waals surface area contributed by atoms with E-state index in [0.29, 0.717) is 25.6 Å². The molecule has 6 nitrogen and oxygen atoms in total. The first-order valence-electron chi connectivity index (χ1n) is 8.34. The zero-order valence-electron chi connectivity index (χ0n) is 13.9. The van der Waals surface area contributed by atoms with Crippen molar-refractivity contribution in [3.05, 3.63) is 53.9 Å². The number of carbonyl (C=O) groups excluding carboxylic acids is 1. The Balaban J connectivity index is 1.45. The normalized spacial score (nSPS) is 15.1. The smallest absolute Gasteiger partial charge is 0.317 e. The van der Waals surface area contributed by atoms with Gasteiger partial charge >= 0.3 is 6.03 Å². The highest BCUT2D eigenvalue weighted by Crippen LogP contribution is 2.32. The quantitative estimate of drug-likeness (QED) is 0.815. The van der Waals surface area contributed by atoms with Crippen molar-refractivity contribution >= 4 is 6.03 Å². The predicted molar refractivity (Wildman–Crippen MR) is 91.4 cm³/mol. The molecule has 1 atom stereocenters. The van der Waals surface area contributed by atoms with Crippen LogP contribution in [0.1, 0.15) is 24.0 Å². The van der Waals surface area contributed by atoms with Crippen molar-refractivity contribution in [3.8, 4) is 0 Å². The zero-order valence-corrected chi connectivity index (χ0v) is 13.9. The number of aromatic nitrogens is 2. The van der Waals surface area contributed by atoms with Gasteiger partial charge in [0.05, 0.1) is 18.8 Å². The summed E-state index contributed by atoms with van der Waals surface area (Å²) in [4.78, 5) is 13.6. The highest BCUT2D eigenvalue weighted by atomic mass is 16.3. The molecule has 1 aliphatic rings. The summed E-state index contributed by atoms with van der Waals surface area (Å²) in [5.74, 6) is 0.372. The second-order valence-electron chi connectivity index (χ2n) is 6.48. The van der Waals surface area contributed by atoms with Crippen LogP contribution < -0.4 is 5.32 Å². The average molecular weight is 328 g/mol. The van der Waals surface area contributed by atoms with Crippen LogP contribution in [0.15, 0.2) is 42.7 Å². The zero-order chi connectivity index (χ0) is 16.9. The van der Waals surface area contributed by atoms with Gasteiger partial charge in [-0.25, -0.2) is 4.79 Å². The van der Waals surface area contributed by atoms with E-state index in [9.17, 15) is 9.90 Å². The topological polar surface area (TPSA) is 70.4 Å². The van der Waals surface area contributed by atoms with Gasteiger partial charge in [-0.2, -0.15) is 5.10 Å². The molecule has 0 saturated heterocycles. The molecule has 6 heteroatoms. The third kappa shape index (κ3) is 4.58. The molecular weight excluding hydrogens is 304 g/mol. The van der Waals surface area contributed by atoms with Gasteiger partial charge in [-0.05, 0) is 24.3 Å². The van der Waals surface area contributed by atoms with Crippen LogP contribution in [-0.4, -0.2) is 45.5 Å². The minimum absolute atomic E-state index is 0.175. The van der Waals surface area contributed by atoms with E-state index in [-0.39, 0.29) is 6.03 Å². The first-order valence-corrected chi connectivity index (χ1v) is 8.34. The summed E-state index contributed by atoms with van der Waals surface area (Å²) in [6, 6.07) is 9.94. The van der Waals surface area contributed by atoms with E-state index in [4.69, 9.17) is 0 Å². The van der Waals surface area contributed by atoms with E-state index >= 15 is 0 Å². The lowest BCUT2D eigenvalue weighted by molar-refractivity contribution is 0.113. The lowest BCUT2D eigenvalue weighted by Crippen LogP contribution is -2.41. The lowest BCUT2D eigenvalue weighted by atomic mass is 10.2. The summed E-state index contributed by atoms with van der Waals surface area (Å²) in [6.07, 6.45) is 5.43. The van der Waals surface area contributed by atoms with Crippen molar-refractivity contribution in [2.75, 3.05) is 13.6 Å². The van der Waals surface area contributed by atoms with Gasteiger partial charge in [0.25, 0.3) is 0 Å². The Hall–Kier alpha value is -2.34. The van der Waals surface area contributed by atoms with Gasteiger partial charge in [-0.3, -0.25) is 4.68 Å². The summed E-state index contributed by atoms with van der Waals surface area (Å²) < 4.78 is 1.86. The van der Waals surface area contributed by atoms with Crippen LogP contribution in [0.5, 0.6) is 0 Å². The van der Waals surface area contributed by atoms with E-state index < -0.39 is 6.10 Å². The number of carbonyl (C=O) groups is 1. The molecule has 1 aromatic carbocycles. The number of aliphatic hydroxyl groups excluding tert-OH is 1. The van der Waals surface area contributed by atoms with Crippen molar-refractivity contribution in [3.63, 3.8) is 0 Å². The predicted octanol–water partition coefficient (Wildman–Crippen LogP) is 1.84. The SMILES string of the molecule is CN(CC(O)C1CC1)C(=O)NCc1cnn(Cc2ccccc2)c1. The molecule has 1 aliphatic carbocycles. The van der Waals surface area contributed by atoms with Gasteiger partial charge in [0.15, 0.2) is 0 Å². The van der Waals surface area contributed by atoms with Gasteiger partial charge in [0.1, 0.15) is 0 Å². The van der Waals surface area contributed by atoms with Crippen molar-refractivity contribution < 1.29 is 9.90 Å². The monoisotopic (exact) mass is 328 g/mol. The molecule has 24 heavy (non-hydrogen) atoms. The summed E-state index contributed by atoms with van der Waals surface area (Å²) in [6.45, 7) is 1.52. The average Bonchev–Trinajstić information content (AvgIpc) is 3.35. The minimum Gasteiger partial charge on any atom is -0.391 e. The number of likely N-dealkylation sites (N-methyl/N-ethyl adjacent to an activating group) is 1. The van der Waals surface area contributed by atoms with E-state index in [2.05, 4.69) is 22.5 Å². The molecule has 1 unspecified atom stereocenters. The Morgan fingerprint density at radius 2 is 2.12 bits per heavy atom. The maximum Gasteiger partial charge on any atom is 0.317 e. The van der Waals surface area contributed by atoms with Crippen LogP contribution in [0.2, 0.25) is 0 Å². The van der Waals surface area contributed by atoms with Crippen LogP contribution in [0.25, 0.3) is 0 Å². The van der Waals surface area contributed by atoms with Gasteiger partial charge in [0.2, 0.25) is 0 Å². The largest absolute Gasteiger partial charge is 0.391 e. The second-order valence-corrected chi connectivity index (χ2v) is 6.48. The highest BCUT2D eigenvalue weighted by Gasteiger charge is 2.31. The van der Waals surface area contributed by atoms with Gasteiger partial charge in [0, 0.05) is 31.9 Å². The maximum absolute atomic E-state index is 12.1. The first-order chi connectivity index (χ1) is 11.6. The number of urea groups is 1. The Morgan fingerprint density at radius 1 is 1.38 bits per heavy atom. The van der Waals surface area contributed by atoms with Gasteiger partial charge < -0.3 is 15.3 Å². The number of nitrogens with one attached hydrogen (secondary N) is 1. The van der Waals surface area contributed by atoms with Gasteiger partial charge in [-0.15, -0.1) is 0 Å². The molecule has 2 N–H and O–H groups in total. The summed E-state index contributed by atoms with van der Waals surface area (Å²) in [5, 5.41) is 17.1. The van der Waals surface area contributed by atoms with E-state index in [0.717, 1.165) is 18.4 Å². The number of aliphatic hydroxyl groups is 1. The van der Waals surface area contributed by atoms with Crippen molar-refractivity contribution in [1.82, 2.24) is 20.0 Å². The Morgan fingerprint density at radius 3 is 2.83 bits per heavy atom. The molecule has 0 radical (unpaired) electrons. The van der Waals surface area contributed by atoms with Crippen LogP contribution in [-0.2, 0) is 13.1 Å². The summed E-state index contributed by atoms with van der Waals surface area (Å²) in [7, 11) is 1.71. The number of nitrogens with zero attached hydrogens (tertiary/aromatic N) is 3. The summed E-state index contributed by atoms with van der Waals surface area (Å²) in [5.41, 5.74) is 2.14. The van der Waals surface area contributed by atoms with Crippen LogP contribution in [0.3, 0.4) is 0 Å². The van der Waals surface area contributed by atoms with Crippen molar-refractivity contribution in [1.29, 1.82) is 0 Å². The molecular formula is C18H24N4O2. The van der Waals surface area contributed by atoms with Crippen molar-refractivity contribution in [2.24, 2.45) is 5.92 Å². The van der Waals surface area contributed by atoms with E-state index in [1.165, 1.54) is 10.5 Å². The number of benzene rings is 1. The van der Waals surface area contributed by atoms with Crippen LogP contribution >= 0.6 is 0 Å². The fourth-order valence-corrected chi connectivity index (χ4v) is 2.66. The van der Waals surface area contributed by atoms with E-state index in [1.807, 2.05) is 29.1 Å². The Bertz CT molecular complexity index is 667. The fraction of sp³-hybridized carbons (Fsp3) is 0.444. The minimum atomic E-state index is -0.408. The van der Waals surface area contributed by atoms with Crippen LogP contribution in [0, 0.1) is 5.92 Å². The third-order valence-electron chi connectivity index (χ3n) is 4.29. The third-order valence-corrected chi connectivity index (χ3v) is 4.29. The summed E-state index contributed by atoms with van der Waals surface area (Å²) >= 11 is 0. The molecule has 0 spiro atoms. The van der Waals surface area contributed by atoms with Crippen LogP contribution in [0.4, 0.5) is 4.79 Å². The number of hydrogen-bond acceptors (Lipinski definition) is 3.